The Balaban J connectivity index is 2.02. The fourth-order valence-electron chi connectivity index (χ4n) is 0.694. The van der Waals surface area contributed by atoms with Gasteiger partial charge in [0.15, 0.2) is 5.67 Å². The topological polar surface area (TPSA) is 0 Å². The lowest BCUT2D eigenvalue weighted by Crippen LogP contribution is -1.97. The molecule has 0 aliphatic heterocycles. The molecule has 2 aliphatic rings. The average Bonchev–Trinajstić information content (AvgIpc) is 2.72. The van der Waals surface area contributed by atoms with Crippen LogP contribution in [0.25, 0.3) is 0 Å². The van der Waals surface area contributed by atoms with Crippen molar-refractivity contribution < 1.29 is 4.39 Å². The molecule has 54 valence electrons. The number of hydrogen-bond acceptors (Lipinski definition) is 0. The van der Waals surface area contributed by atoms with Crippen molar-refractivity contribution >= 4 is 11.6 Å². The van der Waals surface area contributed by atoms with Gasteiger partial charge in [-0.1, -0.05) is 11.8 Å². The molecule has 0 radical (unpaired) electrons. The van der Waals surface area contributed by atoms with Gasteiger partial charge in [-0.05, 0) is 25.7 Å². The average molecular weight is 159 g/mol. The van der Waals surface area contributed by atoms with Crippen molar-refractivity contribution in [1.29, 1.82) is 0 Å². The zero-order chi connectivity index (χ0) is 7.24. The maximum atomic E-state index is 12.8. The molecule has 0 atom stereocenters. The largest absolute Gasteiger partial charge is 0.230 e. The van der Waals surface area contributed by atoms with Crippen molar-refractivity contribution in [3.8, 4) is 11.8 Å². The Labute approximate surface area is 64.8 Å². The second kappa shape index (κ2) is 1.68. The maximum Gasteiger partial charge on any atom is 0.171 e. The molecule has 0 nitrogen and oxygen atoms in total. The van der Waals surface area contributed by atoms with E-state index in [1.807, 2.05) is 0 Å². The van der Waals surface area contributed by atoms with Crippen LogP contribution < -0.4 is 0 Å². The van der Waals surface area contributed by atoms with E-state index in [0.717, 1.165) is 12.8 Å². The van der Waals surface area contributed by atoms with Gasteiger partial charge in [-0.3, -0.25) is 0 Å². The van der Waals surface area contributed by atoms with E-state index in [2.05, 4.69) is 11.8 Å². The number of rotatable bonds is 0. The quantitative estimate of drug-likeness (QED) is 0.375. The normalized spacial score (nSPS) is 30.2. The first kappa shape index (κ1) is 6.49. The van der Waals surface area contributed by atoms with E-state index in [1.165, 1.54) is 0 Å². The lowest BCUT2D eigenvalue weighted by molar-refractivity contribution is 0.394. The van der Waals surface area contributed by atoms with Gasteiger partial charge in [0.2, 0.25) is 0 Å². The van der Waals surface area contributed by atoms with Gasteiger partial charge < -0.3 is 0 Å². The van der Waals surface area contributed by atoms with E-state index in [0.29, 0.717) is 12.8 Å². The summed E-state index contributed by atoms with van der Waals surface area (Å²) in [5.41, 5.74) is -1.15. The first-order valence-electron chi connectivity index (χ1n) is 3.54. The molecule has 2 fully saturated rings. The van der Waals surface area contributed by atoms with Gasteiger partial charge >= 0.3 is 0 Å². The highest BCUT2D eigenvalue weighted by Gasteiger charge is 2.44. The minimum Gasteiger partial charge on any atom is -0.230 e. The Hall–Kier alpha value is -0.220. The third kappa shape index (κ3) is 1.27. The van der Waals surface area contributed by atoms with Crippen molar-refractivity contribution in [2.24, 2.45) is 0 Å². The van der Waals surface area contributed by atoms with Crippen molar-refractivity contribution in [2.45, 2.75) is 36.2 Å². The zero-order valence-electron chi connectivity index (χ0n) is 5.58. The van der Waals surface area contributed by atoms with Crippen LogP contribution in [0.4, 0.5) is 4.39 Å². The molecule has 2 rings (SSSR count). The second-order valence-electron chi connectivity index (χ2n) is 3.18. The van der Waals surface area contributed by atoms with Crippen LogP contribution >= 0.6 is 11.6 Å². The van der Waals surface area contributed by atoms with E-state index >= 15 is 0 Å². The van der Waals surface area contributed by atoms with Gasteiger partial charge in [0.1, 0.15) is 4.87 Å². The molecule has 0 aromatic carbocycles. The summed E-state index contributed by atoms with van der Waals surface area (Å²) < 4.78 is 12.8. The molecule has 0 amide bonds. The Morgan fingerprint density at radius 2 is 1.70 bits per heavy atom. The summed E-state index contributed by atoms with van der Waals surface area (Å²) in [6.07, 6.45) is 3.06. The Kier molecular flexibility index (Phi) is 1.09. The first-order chi connectivity index (χ1) is 4.62. The van der Waals surface area contributed by atoms with E-state index in [9.17, 15) is 4.39 Å². The monoisotopic (exact) mass is 158 g/mol. The van der Waals surface area contributed by atoms with Crippen LogP contribution in [-0.2, 0) is 0 Å². The zero-order valence-corrected chi connectivity index (χ0v) is 6.34. The van der Waals surface area contributed by atoms with Crippen LogP contribution in [0, 0.1) is 11.8 Å². The highest BCUT2D eigenvalue weighted by molar-refractivity contribution is 6.28. The van der Waals surface area contributed by atoms with E-state index < -0.39 is 5.67 Å². The minimum absolute atomic E-state index is 0.332. The summed E-state index contributed by atoms with van der Waals surface area (Å²) in [5.74, 6) is 5.36. The predicted molar refractivity (Wildman–Crippen MR) is 38.7 cm³/mol. The van der Waals surface area contributed by atoms with Crippen molar-refractivity contribution in [2.75, 3.05) is 0 Å². The molecular formula is C8H8ClF. The second-order valence-corrected chi connectivity index (χ2v) is 3.90. The third-order valence-electron chi connectivity index (χ3n) is 1.89. The van der Waals surface area contributed by atoms with E-state index in [-0.39, 0.29) is 4.87 Å². The lowest BCUT2D eigenvalue weighted by atomic mass is 10.3. The number of halogens is 2. The van der Waals surface area contributed by atoms with Crippen molar-refractivity contribution in [3.05, 3.63) is 0 Å². The first-order valence-corrected chi connectivity index (χ1v) is 3.92. The van der Waals surface area contributed by atoms with Gasteiger partial charge in [0.05, 0.1) is 0 Å². The molecule has 0 aromatic rings. The predicted octanol–water partition coefficient (Wildman–Crippen LogP) is 2.26. The minimum atomic E-state index is -1.15. The number of alkyl halides is 2. The Bertz CT molecular complexity index is 193. The van der Waals surface area contributed by atoms with Crippen LogP contribution in [0.15, 0.2) is 0 Å². The molecule has 2 aliphatic carbocycles. The summed E-state index contributed by atoms with van der Waals surface area (Å²) in [7, 11) is 0. The molecule has 0 bridgehead atoms. The van der Waals surface area contributed by atoms with Gasteiger partial charge in [-0.2, -0.15) is 0 Å². The molecule has 0 unspecified atom stereocenters. The van der Waals surface area contributed by atoms with Gasteiger partial charge in [0.25, 0.3) is 0 Å². The van der Waals surface area contributed by atoms with Crippen LogP contribution in [0.2, 0.25) is 0 Å². The fraction of sp³-hybridized carbons (Fsp3) is 0.750. The number of hydrogen-bond donors (Lipinski definition) is 0. The standard InChI is InChI=1S/C8H8ClF/c9-7(1-2-7)3-4-8(10)5-6-8/h1-2,5-6H2. The highest BCUT2D eigenvalue weighted by atomic mass is 35.5. The molecule has 0 saturated heterocycles. The van der Waals surface area contributed by atoms with Crippen LogP contribution in [0.5, 0.6) is 0 Å². The summed E-state index contributed by atoms with van der Waals surface area (Å²) in [6, 6.07) is 0. The molecule has 0 heterocycles. The maximum absolute atomic E-state index is 12.8. The Morgan fingerprint density at radius 3 is 2.10 bits per heavy atom. The molecular weight excluding hydrogens is 151 g/mol. The van der Waals surface area contributed by atoms with E-state index in [4.69, 9.17) is 11.6 Å². The van der Waals surface area contributed by atoms with Gasteiger partial charge in [0, 0.05) is 0 Å². The summed E-state index contributed by atoms with van der Waals surface area (Å²) in [4.78, 5) is -0.332. The molecule has 0 N–H and O–H groups in total. The lowest BCUT2D eigenvalue weighted by Gasteiger charge is -1.91. The van der Waals surface area contributed by atoms with Crippen molar-refractivity contribution in [3.63, 3.8) is 0 Å². The SMILES string of the molecule is FC1(C#CC2(Cl)CC2)CC1. The van der Waals surface area contributed by atoms with Crippen LogP contribution in [0.1, 0.15) is 25.7 Å². The third-order valence-corrected chi connectivity index (χ3v) is 2.36. The Morgan fingerprint density at radius 1 is 1.10 bits per heavy atom. The smallest absolute Gasteiger partial charge is 0.171 e. The highest BCUT2D eigenvalue weighted by Crippen LogP contribution is 2.44. The van der Waals surface area contributed by atoms with Crippen LogP contribution in [-0.4, -0.2) is 10.5 Å². The molecule has 2 saturated carbocycles. The van der Waals surface area contributed by atoms with Gasteiger partial charge in [-0.25, -0.2) is 4.39 Å². The molecule has 0 aromatic heterocycles. The van der Waals surface area contributed by atoms with Crippen LogP contribution in [0.3, 0.4) is 0 Å². The molecule has 10 heavy (non-hydrogen) atoms. The summed E-state index contributed by atoms with van der Waals surface area (Å²) >= 11 is 5.84. The summed E-state index contributed by atoms with van der Waals surface area (Å²) in [5, 5.41) is 0. The molecule has 0 spiro atoms. The van der Waals surface area contributed by atoms with Gasteiger partial charge in [-0.15, -0.1) is 11.6 Å². The van der Waals surface area contributed by atoms with Crippen molar-refractivity contribution in [1.82, 2.24) is 0 Å². The summed E-state index contributed by atoms with van der Waals surface area (Å²) in [6.45, 7) is 0. The van der Waals surface area contributed by atoms with E-state index in [1.54, 1.807) is 0 Å². The molecule has 2 heteroatoms. The fourth-order valence-corrected chi connectivity index (χ4v) is 0.835.